The van der Waals surface area contributed by atoms with Crippen molar-refractivity contribution < 1.29 is 9.52 Å². The highest BCUT2D eigenvalue weighted by Gasteiger charge is 2.07. The molecule has 3 rings (SSSR count). The van der Waals surface area contributed by atoms with Crippen molar-refractivity contribution in [1.82, 2.24) is 10.2 Å². The van der Waals surface area contributed by atoms with Crippen molar-refractivity contribution in [2.24, 2.45) is 0 Å². The lowest BCUT2D eigenvalue weighted by molar-refractivity contribution is 0.469. The zero-order valence-corrected chi connectivity index (χ0v) is 11.6. The summed E-state index contributed by atoms with van der Waals surface area (Å²) >= 11 is 0. The molecule has 1 heterocycles. The molecule has 21 heavy (non-hydrogen) atoms. The maximum Gasteiger partial charge on any atom is 0.247 e. The van der Waals surface area contributed by atoms with Crippen LogP contribution in [-0.4, -0.2) is 15.3 Å². The molecule has 3 aromatic rings. The second-order valence-corrected chi connectivity index (χ2v) is 4.76. The molecule has 0 aliphatic carbocycles. The van der Waals surface area contributed by atoms with Gasteiger partial charge >= 0.3 is 0 Å². The van der Waals surface area contributed by atoms with Crippen molar-refractivity contribution in [2.75, 3.05) is 5.32 Å². The van der Waals surface area contributed by atoms with E-state index in [0.717, 1.165) is 22.4 Å². The summed E-state index contributed by atoms with van der Waals surface area (Å²) in [5.74, 6) is 0.801. The third-order valence-electron chi connectivity index (χ3n) is 3.29. The molecule has 0 atom stereocenters. The number of benzene rings is 2. The third-order valence-corrected chi connectivity index (χ3v) is 3.29. The summed E-state index contributed by atoms with van der Waals surface area (Å²) in [7, 11) is 0. The highest BCUT2D eigenvalue weighted by molar-refractivity contribution is 5.62. The van der Waals surface area contributed by atoms with Crippen LogP contribution in [0.2, 0.25) is 0 Å². The fourth-order valence-electron chi connectivity index (χ4n) is 2.14. The molecule has 2 aromatic carbocycles. The van der Waals surface area contributed by atoms with Gasteiger partial charge in [0.2, 0.25) is 12.3 Å². The number of aromatic nitrogens is 2. The van der Waals surface area contributed by atoms with Crippen LogP contribution in [0, 0.1) is 6.92 Å². The second kappa shape index (κ2) is 5.66. The summed E-state index contributed by atoms with van der Waals surface area (Å²) in [5.41, 5.74) is 3.82. The van der Waals surface area contributed by atoms with Crippen molar-refractivity contribution in [1.29, 1.82) is 0 Å². The molecule has 0 saturated carbocycles. The number of hydrogen-bond acceptors (Lipinski definition) is 5. The van der Waals surface area contributed by atoms with Crippen LogP contribution in [0.3, 0.4) is 0 Å². The molecule has 0 amide bonds. The fraction of sp³-hybridized carbons (Fsp3) is 0.125. The lowest BCUT2D eigenvalue weighted by atomic mass is 10.1. The summed E-state index contributed by atoms with van der Waals surface area (Å²) in [4.78, 5) is 0. The molecule has 0 aliphatic rings. The van der Waals surface area contributed by atoms with Gasteiger partial charge in [0.25, 0.3) is 0 Å². The number of rotatable bonds is 4. The van der Waals surface area contributed by atoms with Gasteiger partial charge in [-0.15, -0.1) is 10.2 Å². The monoisotopic (exact) mass is 281 g/mol. The smallest absolute Gasteiger partial charge is 0.247 e. The molecule has 0 radical (unpaired) electrons. The van der Waals surface area contributed by atoms with Crippen molar-refractivity contribution >= 4 is 5.69 Å². The van der Waals surface area contributed by atoms with Crippen molar-refractivity contribution in [3.8, 4) is 17.2 Å². The third kappa shape index (κ3) is 2.86. The predicted molar refractivity (Wildman–Crippen MR) is 79.9 cm³/mol. The Labute approximate surface area is 122 Å². The van der Waals surface area contributed by atoms with Crippen LogP contribution in [0.25, 0.3) is 11.5 Å². The van der Waals surface area contributed by atoms with Crippen LogP contribution in [0.4, 0.5) is 5.69 Å². The largest absolute Gasteiger partial charge is 0.508 e. The molecule has 2 N–H and O–H groups in total. The van der Waals surface area contributed by atoms with E-state index in [-0.39, 0.29) is 0 Å². The average Bonchev–Trinajstić information content (AvgIpc) is 3.02. The molecule has 106 valence electrons. The number of hydrogen-bond donors (Lipinski definition) is 2. The van der Waals surface area contributed by atoms with Gasteiger partial charge in [0.1, 0.15) is 5.75 Å². The summed E-state index contributed by atoms with van der Waals surface area (Å²) in [6.45, 7) is 2.57. The normalized spacial score (nSPS) is 10.5. The lowest BCUT2D eigenvalue weighted by Gasteiger charge is -2.11. The van der Waals surface area contributed by atoms with E-state index >= 15 is 0 Å². The Morgan fingerprint density at radius 3 is 2.76 bits per heavy atom. The topological polar surface area (TPSA) is 71.2 Å². The minimum atomic E-state index is 0.296. The van der Waals surface area contributed by atoms with E-state index in [0.29, 0.717) is 18.2 Å². The molecule has 0 unspecified atom stereocenters. The first-order valence-corrected chi connectivity index (χ1v) is 6.62. The first-order chi connectivity index (χ1) is 10.2. The van der Waals surface area contributed by atoms with Gasteiger partial charge in [0.15, 0.2) is 0 Å². The minimum Gasteiger partial charge on any atom is -0.508 e. The molecule has 0 bridgehead atoms. The summed E-state index contributed by atoms with van der Waals surface area (Å²) in [5, 5.41) is 20.6. The van der Waals surface area contributed by atoms with E-state index in [2.05, 4.69) is 15.5 Å². The van der Waals surface area contributed by atoms with Gasteiger partial charge in [0.05, 0.1) is 0 Å². The SMILES string of the molecule is Cc1cc(-c2nnco2)ccc1NCc1ccccc1O. The summed E-state index contributed by atoms with van der Waals surface area (Å²) in [6, 6.07) is 13.2. The maximum atomic E-state index is 9.76. The quantitative estimate of drug-likeness (QED) is 0.767. The molecule has 0 aliphatic heterocycles. The number of aryl methyl sites for hydroxylation is 1. The van der Waals surface area contributed by atoms with Gasteiger partial charge in [-0.1, -0.05) is 18.2 Å². The Morgan fingerprint density at radius 1 is 1.19 bits per heavy atom. The summed E-state index contributed by atoms with van der Waals surface area (Å²) in [6.07, 6.45) is 1.31. The predicted octanol–water partition coefficient (Wildman–Crippen LogP) is 3.36. The van der Waals surface area contributed by atoms with Crippen molar-refractivity contribution in [3.05, 3.63) is 60.0 Å². The molecule has 0 fully saturated rings. The molecule has 0 saturated heterocycles. The summed E-state index contributed by atoms with van der Waals surface area (Å²) < 4.78 is 5.18. The molecular formula is C16H15N3O2. The first-order valence-electron chi connectivity index (χ1n) is 6.62. The van der Waals surface area contributed by atoms with Gasteiger partial charge in [0, 0.05) is 23.4 Å². The Bertz CT molecular complexity index is 739. The van der Waals surface area contributed by atoms with Crippen LogP contribution >= 0.6 is 0 Å². The Balaban J connectivity index is 1.76. The van der Waals surface area contributed by atoms with E-state index in [1.165, 1.54) is 6.39 Å². The number of anilines is 1. The van der Waals surface area contributed by atoms with Gasteiger partial charge < -0.3 is 14.8 Å². The first kappa shape index (κ1) is 13.2. The molecule has 0 spiro atoms. The molecule has 1 aromatic heterocycles. The van der Waals surface area contributed by atoms with E-state index in [4.69, 9.17) is 4.42 Å². The van der Waals surface area contributed by atoms with E-state index < -0.39 is 0 Å². The molecule has 5 heteroatoms. The lowest BCUT2D eigenvalue weighted by Crippen LogP contribution is -2.01. The van der Waals surface area contributed by atoms with Crippen LogP contribution in [0.5, 0.6) is 5.75 Å². The van der Waals surface area contributed by atoms with Gasteiger partial charge in [-0.2, -0.15) is 0 Å². The standard InChI is InChI=1S/C16H15N3O2/c1-11-8-12(16-19-18-10-21-16)6-7-14(11)17-9-13-4-2-3-5-15(13)20/h2-8,10,17,20H,9H2,1H3. The van der Waals surface area contributed by atoms with Crippen LogP contribution in [0.1, 0.15) is 11.1 Å². The fourth-order valence-corrected chi connectivity index (χ4v) is 2.14. The van der Waals surface area contributed by atoms with Gasteiger partial charge in [-0.3, -0.25) is 0 Å². The van der Waals surface area contributed by atoms with Crippen molar-refractivity contribution in [2.45, 2.75) is 13.5 Å². The Kier molecular flexibility index (Phi) is 3.55. The molecule has 5 nitrogen and oxygen atoms in total. The Hall–Kier alpha value is -2.82. The number of aromatic hydroxyl groups is 1. The van der Waals surface area contributed by atoms with Crippen LogP contribution < -0.4 is 5.32 Å². The molecular weight excluding hydrogens is 266 g/mol. The minimum absolute atomic E-state index is 0.296. The van der Waals surface area contributed by atoms with Crippen LogP contribution in [0.15, 0.2) is 53.3 Å². The van der Waals surface area contributed by atoms with Gasteiger partial charge in [-0.25, -0.2) is 0 Å². The van der Waals surface area contributed by atoms with Gasteiger partial charge in [-0.05, 0) is 36.8 Å². The number of nitrogens with one attached hydrogen (secondary N) is 1. The van der Waals surface area contributed by atoms with Crippen molar-refractivity contribution in [3.63, 3.8) is 0 Å². The second-order valence-electron chi connectivity index (χ2n) is 4.76. The highest BCUT2D eigenvalue weighted by Crippen LogP contribution is 2.24. The number of phenols is 1. The van der Waals surface area contributed by atoms with E-state index in [1.807, 2.05) is 43.3 Å². The highest BCUT2D eigenvalue weighted by atomic mass is 16.4. The number of para-hydroxylation sites is 1. The zero-order valence-electron chi connectivity index (χ0n) is 11.6. The Morgan fingerprint density at radius 2 is 2.05 bits per heavy atom. The number of nitrogens with zero attached hydrogens (tertiary/aromatic N) is 2. The van der Waals surface area contributed by atoms with E-state index in [1.54, 1.807) is 6.07 Å². The van der Waals surface area contributed by atoms with Crippen LogP contribution in [-0.2, 0) is 6.54 Å². The zero-order chi connectivity index (χ0) is 14.7. The number of phenolic OH excluding ortho intramolecular Hbond substituents is 1. The van der Waals surface area contributed by atoms with E-state index in [9.17, 15) is 5.11 Å². The average molecular weight is 281 g/mol. The maximum absolute atomic E-state index is 9.76.